The third-order valence-electron chi connectivity index (χ3n) is 1.14. The van der Waals surface area contributed by atoms with Crippen molar-refractivity contribution in [2.45, 2.75) is 18.4 Å². The van der Waals surface area contributed by atoms with E-state index in [1.165, 1.54) is 0 Å². The zero-order valence-electron chi connectivity index (χ0n) is 5.96. The van der Waals surface area contributed by atoms with Crippen LogP contribution in [0.1, 0.15) is 6.42 Å². The third-order valence-corrected chi connectivity index (χ3v) is 2.10. The summed E-state index contributed by atoms with van der Waals surface area (Å²) in [5.74, 6) is -3.87. The lowest BCUT2D eigenvalue weighted by atomic mass is 10.2. The molecular weight excluding hydrogens is 192 g/mol. The molecule has 0 bridgehead atoms. The predicted octanol–water partition coefficient (Wildman–Crippen LogP) is -0.796. The van der Waals surface area contributed by atoms with Gasteiger partial charge in [-0.3, -0.25) is 19.1 Å². The molecule has 0 spiro atoms. The van der Waals surface area contributed by atoms with Crippen molar-refractivity contribution < 1.29 is 28.6 Å². The molecule has 0 amide bonds. The van der Waals surface area contributed by atoms with Crippen LogP contribution in [0.2, 0.25) is 0 Å². The topological polar surface area (TPSA) is 125 Å². The molecule has 72 valence electrons. The summed E-state index contributed by atoms with van der Waals surface area (Å²) in [7, 11) is -4.61. The van der Waals surface area contributed by atoms with E-state index in [1.54, 1.807) is 0 Å². The minimum absolute atomic E-state index is 0.827. The summed E-state index contributed by atoms with van der Waals surface area (Å²) in [6, 6.07) is -1.55. The summed E-state index contributed by atoms with van der Waals surface area (Å²) in [5.41, 5.74) is 4.86. The first kappa shape index (κ1) is 11.5. The average molecular weight is 202 g/mol. The Kier molecular flexibility index (Phi) is 3.79. The summed E-state index contributed by atoms with van der Waals surface area (Å²) >= 11 is 0. The molecule has 8 heteroatoms. The van der Waals surface area contributed by atoms with Gasteiger partial charge in [0.25, 0.3) is 5.91 Å². The molecule has 0 saturated heterocycles. The third kappa shape index (κ3) is 3.77. The maximum atomic E-state index is 12.5. The van der Waals surface area contributed by atoms with E-state index in [1.807, 2.05) is 0 Å². The van der Waals surface area contributed by atoms with Gasteiger partial charge in [0.1, 0.15) is 6.04 Å². The summed E-state index contributed by atoms with van der Waals surface area (Å²) in [5, 5.41) is 8.17. The van der Waals surface area contributed by atoms with Crippen molar-refractivity contribution in [3.8, 4) is 0 Å². The molecule has 0 unspecified atom stereocenters. The minimum atomic E-state index is -4.61. The Morgan fingerprint density at radius 2 is 2.08 bits per heavy atom. The van der Waals surface area contributed by atoms with Gasteiger partial charge in [-0.15, -0.1) is 0 Å². The van der Waals surface area contributed by atoms with E-state index in [0.29, 0.717) is 0 Å². The van der Waals surface area contributed by atoms with Crippen LogP contribution in [0.3, 0.4) is 0 Å². The number of carboxylic acids is 1. The van der Waals surface area contributed by atoms with Gasteiger partial charge in [-0.2, -0.15) is 0 Å². The summed E-state index contributed by atoms with van der Waals surface area (Å²) < 4.78 is 20.8. The van der Waals surface area contributed by atoms with Crippen LogP contribution in [0, 0.1) is 0 Å². The number of carbonyl (C=O) groups is 1. The fourth-order valence-corrected chi connectivity index (χ4v) is 0.962. The quantitative estimate of drug-likeness (QED) is 0.351. The van der Waals surface area contributed by atoms with Gasteiger partial charge in [-0.25, -0.2) is 4.39 Å². The molecule has 12 heavy (non-hydrogen) atoms. The lowest BCUT2D eigenvalue weighted by Gasteiger charge is -2.07. The maximum absolute atomic E-state index is 12.5. The number of alkyl halides is 1. The molecule has 0 heterocycles. The number of carboxylic acid groups (broad SMARTS) is 1. The molecule has 0 aromatic rings. The van der Waals surface area contributed by atoms with Crippen LogP contribution in [-0.2, 0) is 4.79 Å². The molecule has 0 aliphatic rings. The number of hydrogen-bond acceptors (Lipinski definition) is 2. The van der Waals surface area contributed by atoms with Crippen molar-refractivity contribution >= 4 is 13.6 Å². The van der Waals surface area contributed by atoms with Crippen molar-refractivity contribution in [1.82, 2.24) is 0 Å². The van der Waals surface area contributed by atoms with Gasteiger partial charge < -0.3 is 10.8 Å². The van der Waals surface area contributed by atoms with Crippen molar-refractivity contribution in [1.29, 1.82) is 0 Å². The van der Waals surface area contributed by atoms with Gasteiger partial charge in [0.05, 0.1) is 0 Å². The minimum Gasteiger partial charge on any atom is -0.480 e. The molecule has 2 atom stereocenters. The van der Waals surface area contributed by atoms with E-state index >= 15 is 0 Å². The first-order valence-electron chi connectivity index (χ1n) is 2.94. The molecule has 0 aromatic heterocycles. The fraction of sp³-hybridized carbons (Fsp3) is 0.750. The fourth-order valence-electron chi connectivity index (χ4n) is 0.452. The molecule has 6 nitrogen and oxygen atoms in total. The van der Waals surface area contributed by atoms with Crippen LogP contribution in [0.4, 0.5) is 4.39 Å². The smallest absolute Gasteiger partial charge is 0.480 e. The summed E-state index contributed by atoms with van der Waals surface area (Å²) in [4.78, 5) is 26.7. The standard InChI is InChI=1S/C4H9FNO5P/c5-3(12(9,10)11)1-2(6)4(7)8/h2-3H,1,6H2,(H,7,8)(H2,9,10,11)/p+1/t2-,3-/m0/s1. The first-order valence-corrected chi connectivity index (χ1v) is 4.66. The first-order chi connectivity index (χ1) is 5.25. The molecule has 0 rings (SSSR count). The average Bonchev–Trinajstić information content (AvgIpc) is 1.85. The normalized spacial score (nSPS) is 17.0. The Morgan fingerprint density at radius 3 is 2.33 bits per heavy atom. The second-order valence-corrected chi connectivity index (χ2v) is 4.02. The molecule has 0 radical (unpaired) electrons. The lowest BCUT2D eigenvalue weighted by Crippen LogP contribution is -2.32. The zero-order chi connectivity index (χ0) is 9.94. The number of nitrogens with two attached hydrogens (primary N) is 1. The summed E-state index contributed by atoms with van der Waals surface area (Å²) in [6.45, 7) is 0. The Hall–Kier alpha value is -0.490. The maximum Gasteiger partial charge on any atom is 0.530 e. The second-order valence-electron chi connectivity index (χ2n) is 2.23. The van der Waals surface area contributed by atoms with E-state index in [2.05, 4.69) is 0 Å². The molecule has 0 fully saturated rings. The zero-order valence-corrected chi connectivity index (χ0v) is 6.86. The number of hydrogen-bond donors (Lipinski definition) is 4. The van der Waals surface area contributed by atoms with E-state index < -0.39 is 31.9 Å². The molecular formula is C4H10FNO5P+. The van der Waals surface area contributed by atoms with Crippen LogP contribution < -0.4 is 5.73 Å². The highest BCUT2D eigenvalue weighted by Crippen LogP contribution is 2.43. The highest BCUT2D eigenvalue weighted by Gasteiger charge is 2.38. The van der Waals surface area contributed by atoms with Gasteiger partial charge in [-0.1, -0.05) is 0 Å². The van der Waals surface area contributed by atoms with Gasteiger partial charge in [0, 0.05) is 6.42 Å². The van der Waals surface area contributed by atoms with Gasteiger partial charge in [0.2, 0.25) is 0 Å². The van der Waals surface area contributed by atoms with Crippen LogP contribution in [-0.4, -0.2) is 37.4 Å². The number of halogens is 1. The van der Waals surface area contributed by atoms with Crippen molar-refractivity contribution in [3.05, 3.63) is 0 Å². The Balaban J connectivity index is 4.11. The van der Waals surface area contributed by atoms with Crippen LogP contribution in [0.5, 0.6) is 0 Å². The Morgan fingerprint density at radius 1 is 1.67 bits per heavy atom. The molecule has 6 N–H and O–H groups in total. The monoisotopic (exact) mass is 202 g/mol. The van der Waals surface area contributed by atoms with Crippen molar-refractivity contribution in [3.63, 3.8) is 0 Å². The van der Waals surface area contributed by atoms with Crippen LogP contribution >= 0.6 is 7.60 Å². The largest absolute Gasteiger partial charge is 0.530 e. The van der Waals surface area contributed by atoms with E-state index in [-0.39, 0.29) is 0 Å². The van der Waals surface area contributed by atoms with Gasteiger partial charge in [-0.05, 0) is 0 Å². The lowest BCUT2D eigenvalue weighted by molar-refractivity contribution is -0.138. The van der Waals surface area contributed by atoms with Crippen molar-refractivity contribution in [2.75, 3.05) is 0 Å². The van der Waals surface area contributed by atoms with Crippen LogP contribution in [0.25, 0.3) is 0 Å². The number of aliphatic carboxylic acids is 1. The van der Waals surface area contributed by atoms with Gasteiger partial charge >= 0.3 is 13.6 Å². The second kappa shape index (κ2) is 3.95. The van der Waals surface area contributed by atoms with Crippen LogP contribution in [0.15, 0.2) is 0 Å². The Bertz CT molecular complexity index is 215. The summed E-state index contributed by atoms with van der Waals surface area (Å²) in [6.07, 6.45) is -0.827. The van der Waals surface area contributed by atoms with E-state index in [9.17, 15) is 9.18 Å². The number of rotatable bonds is 4. The highest BCUT2D eigenvalue weighted by atomic mass is 31.2. The molecule has 0 aliphatic heterocycles. The highest BCUT2D eigenvalue weighted by molar-refractivity contribution is 7.52. The van der Waals surface area contributed by atoms with Gasteiger partial charge in [0.15, 0.2) is 0 Å². The molecule has 0 aromatic carbocycles. The van der Waals surface area contributed by atoms with E-state index in [4.69, 9.17) is 25.2 Å². The molecule has 0 aliphatic carbocycles. The molecule has 0 saturated carbocycles. The SMILES string of the molecule is N[C@@H](C[C@@H](F)P(O)(O)=[OH+])C(=O)O. The predicted molar refractivity (Wildman–Crippen MR) is 38.4 cm³/mol. The Labute approximate surface area is 67.3 Å². The van der Waals surface area contributed by atoms with Crippen molar-refractivity contribution in [2.24, 2.45) is 5.73 Å². The van der Waals surface area contributed by atoms with E-state index in [0.717, 1.165) is 0 Å².